The lowest BCUT2D eigenvalue weighted by Gasteiger charge is -2.07. The molecule has 84 valence electrons. The maximum Gasteiger partial charge on any atom is 0.141 e. The van der Waals surface area contributed by atoms with Gasteiger partial charge in [0.05, 0.1) is 11.9 Å². The van der Waals surface area contributed by atoms with E-state index in [1.807, 2.05) is 6.07 Å². The lowest BCUT2D eigenvalue weighted by Crippen LogP contribution is -2.06. The van der Waals surface area contributed by atoms with E-state index in [-0.39, 0.29) is 5.75 Å². The summed E-state index contributed by atoms with van der Waals surface area (Å²) in [4.78, 5) is 0. The molecule has 0 fully saturated rings. The first-order valence-corrected chi connectivity index (χ1v) is 5.21. The molecular formula is C11H14N4O. The average Bonchev–Trinajstić information content (AvgIpc) is 2.75. The number of hydrogen-bond donors (Lipinski definition) is 2. The number of aryl methyl sites for hydroxylation is 1. The van der Waals surface area contributed by atoms with Crippen LogP contribution in [0.2, 0.25) is 0 Å². The first kappa shape index (κ1) is 10.6. The van der Waals surface area contributed by atoms with Crippen LogP contribution in [0, 0.1) is 0 Å². The Bertz CT molecular complexity index is 467. The molecule has 0 saturated carbocycles. The molecule has 5 heteroatoms. The highest BCUT2D eigenvalue weighted by Crippen LogP contribution is 2.21. The van der Waals surface area contributed by atoms with Crippen molar-refractivity contribution in [3.63, 3.8) is 0 Å². The summed E-state index contributed by atoms with van der Waals surface area (Å²) in [5.74, 6) is 0.196. The van der Waals surface area contributed by atoms with Crippen LogP contribution in [0.25, 0.3) is 5.69 Å². The largest absolute Gasteiger partial charge is 0.506 e. The van der Waals surface area contributed by atoms with Crippen LogP contribution in [0.3, 0.4) is 0 Å². The summed E-state index contributed by atoms with van der Waals surface area (Å²) in [6.07, 6.45) is 3.38. The van der Waals surface area contributed by atoms with Crippen LogP contribution >= 0.6 is 0 Å². The predicted molar refractivity (Wildman–Crippen MR) is 60.4 cm³/mol. The van der Waals surface area contributed by atoms with Gasteiger partial charge in [0.15, 0.2) is 0 Å². The summed E-state index contributed by atoms with van der Waals surface area (Å²) in [7, 11) is 0. The standard InChI is InChI=1S/C11H14N4O/c12-7-3-4-9-8-13-14-15(9)10-5-1-2-6-11(10)16/h1-2,5-6,8,16H,3-4,7,12H2. The molecule has 0 atom stereocenters. The van der Waals surface area contributed by atoms with E-state index >= 15 is 0 Å². The van der Waals surface area contributed by atoms with E-state index in [1.54, 1.807) is 29.1 Å². The van der Waals surface area contributed by atoms with E-state index in [0.29, 0.717) is 12.2 Å². The lowest BCUT2D eigenvalue weighted by molar-refractivity contribution is 0.469. The Morgan fingerprint density at radius 2 is 2.12 bits per heavy atom. The number of hydrogen-bond acceptors (Lipinski definition) is 4. The fourth-order valence-electron chi connectivity index (χ4n) is 1.56. The normalized spacial score (nSPS) is 10.6. The van der Waals surface area contributed by atoms with Gasteiger partial charge in [0.25, 0.3) is 0 Å². The van der Waals surface area contributed by atoms with E-state index < -0.39 is 0 Å². The van der Waals surface area contributed by atoms with Gasteiger partial charge in [-0.3, -0.25) is 0 Å². The molecular weight excluding hydrogens is 204 g/mol. The van der Waals surface area contributed by atoms with Crippen molar-refractivity contribution in [2.75, 3.05) is 6.54 Å². The van der Waals surface area contributed by atoms with Gasteiger partial charge in [-0.05, 0) is 31.5 Å². The van der Waals surface area contributed by atoms with Crippen molar-refractivity contribution in [3.05, 3.63) is 36.2 Å². The van der Waals surface area contributed by atoms with E-state index in [1.165, 1.54) is 0 Å². The molecule has 1 aromatic heterocycles. The maximum atomic E-state index is 9.72. The number of nitrogens with two attached hydrogens (primary N) is 1. The Morgan fingerprint density at radius 3 is 2.88 bits per heavy atom. The summed E-state index contributed by atoms with van der Waals surface area (Å²) in [6.45, 7) is 0.631. The average molecular weight is 218 g/mol. The van der Waals surface area contributed by atoms with Crippen LogP contribution in [0.4, 0.5) is 0 Å². The lowest BCUT2D eigenvalue weighted by atomic mass is 10.2. The smallest absolute Gasteiger partial charge is 0.141 e. The van der Waals surface area contributed by atoms with Gasteiger partial charge in [0.1, 0.15) is 11.4 Å². The summed E-state index contributed by atoms with van der Waals surface area (Å²) in [5, 5.41) is 17.5. The van der Waals surface area contributed by atoms with Crippen molar-refractivity contribution < 1.29 is 5.11 Å². The Morgan fingerprint density at radius 1 is 1.31 bits per heavy atom. The maximum absolute atomic E-state index is 9.72. The first-order valence-electron chi connectivity index (χ1n) is 5.21. The van der Waals surface area contributed by atoms with Crippen molar-refractivity contribution >= 4 is 0 Å². The Labute approximate surface area is 93.5 Å². The minimum absolute atomic E-state index is 0.196. The number of nitrogens with zero attached hydrogens (tertiary/aromatic N) is 3. The van der Waals surface area contributed by atoms with Crippen LogP contribution < -0.4 is 5.73 Å². The molecule has 0 aliphatic carbocycles. The third kappa shape index (κ3) is 2.04. The summed E-state index contributed by atoms with van der Waals surface area (Å²) >= 11 is 0. The van der Waals surface area contributed by atoms with Gasteiger partial charge in [-0.25, -0.2) is 4.68 Å². The zero-order valence-electron chi connectivity index (χ0n) is 8.87. The number of para-hydroxylation sites is 2. The second kappa shape index (κ2) is 4.76. The fourth-order valence-corrected chi connectivity index (χ4v) is 1.56. The van der Waals surface area contributed by atoms with Gasteiger partial charge in [-0.1, -0.05) is 17.3 Å². The number of aromatic hydroxyl groups is 1. The van der Waals surface area contributed by atoms with E-state index in [4.69, 9.17) is 5.73 Å². The highest BCUT2D eigenvalue weighted by Gasteiger charge is 2.08. The number of phenols is 1. The molecule has 1 aromatic carbocycles. The molecule has 1 heterocycles. The summed E-state index contributed by atoms with van der Waals surface area (Å²) in [5.41, 5.74) is 7.06. The molecule has 0 amide bonds. The van der Waals surface area contributed by atoms with E-state index in [2.05, 4.69) is 10.3 Å². The first-order chi connectivity index (χ1) is 7.83. The molecule has 3 N–H and O–H groups in total. The minimum atomic E-state index is 0.196. The molecule has 16 heavy (non-hydrogen) atoms. The number of benzene rings is 1. The molecule has 0 saturated heterocycles. The monoisotopic (exact) mass is 218 g/mol. The summed E-state index contributed by atoms with van der Waals surface area (Å²) in [6, 6.07) is 7.05. The third-order valence-corrected chi connectivity index (χ3v) is 2.37. The van der Waals surface area contributed by atoms with Gasteiger partial charge < -0.3 is 10.8 Å². The Kier molecular flexibility index (Phi) is 3.16. The molecule has 5 nitrogen and oxygen atoms in total. The third-order valence-electron chi connectivity index (χ3n) is 2.37. The second-order valence-electron chi connectivity index (χ2n) is 3.52. The zero-order valence-corrected chi connectivity index (χ0v) is 8.87. The Hall–Kier alpha value is -1.88. The van der Waals surface area contributed by atoms with Gasteiger partial charge in [-0.2, -0.15) is 0 Å². The van der Waals surface area contributed by atoms with Crippen molar-refractivity contribution in [1.82, 2.24) is 15.0 Å². The predicted octanol–water partition coefficient (Wildman–Crippen LogP) is 0.864. The van der Waals surface area contributed by atoms with Crippen LogP contribution in [0.1, 0.15) is 12.1 Å². The van der Waals surface area contributed by atoms with E-state index in [9.17, 15) is 5.11 Å². The van der Waals surface area contributed by atoms with Crippen LogP contribution in [-0.4, -0.2) is 26.6 Å². The minimum Gasteiger partial charge on any atom is -0.506 e. The molecule has 2 aromatic rings. The number of phenolic OH excluding ortho intramolecular Hbond substituents is 1. The highest BCUT2D eigenvalue weighted by atomic mass is 16.3. The van der Waals surface area contributed by atoms with E-state index in [0.717, 1.165) is 18.5 Å². The highest BCUT2D eigenvalue weighted by molar-refractivity contribution is 5.45. The van der Waals surface area contributed by atoms with Crippen LogP contribution in [-0.2, 0) is 6.42 Å². The SMILES string of the molecule is NCCCc1cnnn1-c1ccccc1O. The molecule has 0 radical (unpaired) electrons. The number of rotatable bonds is 4. The molecule has 0 unspecified atom stereocenters. The van der Waals surface area contributed by atoms with Crippen molar-refractivity contribution in [2.45, 2.75) is 12.8 Å². The number of aromatic nitrogens is 3. The van der Waals surface area contributed by atoms with Gasteiger partial charge >= 0.3 is 0 Å². The van der Waals surface area contributed by atoms with Gasteiger partial charge in [0.2, 0.25) is 0 Å². The molecule has 0 bridgehead atoms. The summed E-state index contributed by atoms with van der Waals surface area (Å²) < 4.78 is 1.64. The molecule has 0 spiro atoms. The quantitative estimate of drug-likeness (QED) is 0.798. The van der Waals surface area contributed by atoms with Crippen LogP contribution in [0.15, 0.2) is 30.5 Å². The Balaban J connectivity index is 2.33. The van der Waals surface area contributed by atoms with Crippen LogP contribution in [0.5, 0.6) is 5.75 Å². The van der Waals surface area contributed by atoms with Crippen molar-refractivity contribution in [3.8, 4) is 11.4 Å². The molecule has 2 rings (SSSR count). The molecule has 0 aliphatic heterocycles. The van der Waals surface area contributed by atoms with Gasteiger partial charge in [-0.15, -0.1) is 5.10 Å². The van der Waals surface area contributed by atoms with Crippen molar-refractivity contribution in [2.24, 2.45) is 5.73 Å². The van der Waals surface area contributed by atoms with Gasteiger partial charge in [0, 0.05) is 0 Å². The second-order valence-corrected chi connectivity index (χ2v) is 3.52. The topological polar surface area (TPSA) is 77.0 Å². The zero-order chi connectivity index (χ0) is 11.4. The fraction of sp³-hybridized carbons (Fsp3) is 0.273. The molecule has 0 aliphatic rings. The van der Waals surface area contributed by atoms with Crippen molar-refractivity contribution in [1.29, 1.82) is 0 Å².